The van der Waals surface area contributed by atoms with Gasteiger partial charge in [0, 0.05) is 18.1 Å². The number of rotatable bonds is 4. The van der Waals surface area contributed by atoms with Crippen LogP contribution in [0.25, 0.3) is 10.9 Å². The monoisotopic (exact) mass is 253 g/mol. The standard InChI is InChI=1S/C15H15N3O/c1-11-8-18-14(19-11)10-16-9-13-5-2-4-12-6-3-7-17-15(12)13/h2-8,16H,9-10H2,1H3. The summed E-state index contributed by atoms with van der Waals surface area (Å²) in [6, 6.07) is 10.2. The van der Waals surface area contributed by atoms with E-state index in [1.165, 1.54) is 5.56 Å². The molecule has 0 fully saturated rings. The summed E-state index contributed by atoms with van der Waals surface area (Å²) in [5.41, 5.74) is 2.22. The van der Waals surface area contributed by atoms with E-state index in [9.17, 15) is 0 Å². The number of pyridine rings is 1. The maximum atomic E-state index is 5.42. The quantitative estimate of drug-likeness (QED) is 0.776. The Labute approximate surface area is 111 Å². The number of oxazole rings is 1. The summed E-state index contributed by atoms with van der Waals surface area (Å²) in [7, 11) is 0. The van der Waals surface area contributed by atoms with Gasteiger partial charge < -0.3 is 9.73 Å². The third-order valence-electron chi connectivity index (χ3n) is 2.98. The molecule has 1 N–H and O–H groups in total. The van der Waals surface area contributed by atoms with Gasteiger partial charge in [-0.25, -0.2) is 4.98 Å². The summed E-state index contributed by atoms with van der Waals surface area (Å²) in [6.07, 6.45) is 3.56. The Hall–Kier alpha value is -2.20. The van der Waals surface area contributed by atoms with E-state index in [4.69, 9.17) is 4.42 Å². The SMILES string of the molecule is Cc1cnc(CNCc2cccc3cccnc23)o1. The Bertz CT molecular complexity index is 685. The lowest BCUT2D eigenvalue weighted by Gasteiger charge is -2.06. The van der Waals surface area contributed by atoms with E-state index < -0.39 is 0 Å². The second kappa shape index (κ2) is 5.20. The van der Waals surface area contributed by atoms with Crippen molar-refractivity contribution in [3.8, 4) is 0 Å². The molecule has 3 rings (SSSR count). The molecule has 0 atom stereocenters. The largest absolute Gasteiger partial charge is 0.445 e. The second-order valence-electron chi connectivity index (χ2n) is 4.46. The Balaban J connectivity index is 1.71. The Morgan fingerprint density at radius 3 is 2.84 bits per heavy atom. The van der Waals surface area contributed by atoms with E-state index >= 15 is 0 Å². The first-order valence-electron chi connectivity index (χ1n) is 6.27. The molecule has 0 saturated carbocycles. The highest BCUT2D eigenvalue weighted by atomic mass is 16.4. The van der Waals surface area contributed by atoms with Crippen LogP contribution >= 0.6 is 0 Å². The van der Waals surface area contributed by atoms with Crippen LogP contribution in [0.4, 0.5) is 0 Å². The third kappa shape index (κ3) is 2.63. The summed E-state index contributed by atoms with van der Waals surface area (Å²) in [6.45, 7) is 3.26. The van der Waals surface area contributed by atoms with Crippen molar-refractivity contribution in [2.24, 2.45) is 0 Å². The molecular weight excluding hydrogens is 238 g/mol. The number of benzene rings is 1. The van der Waals surface area contributed by atoms with Gasteiger partial charge in [0.05, 0.1) is 18.3 Å². The summed E-state index contributed by atoms with van der Waals surface area (Å²) in [5.74, 6) is 1.55. The van der Waals surface area contributed by atoms with Crippen LogP contribution in [0.5, 0.6) is 0 Å². The van der Waals surface area contributed by atoms with E-state index in [1.807, 2.05) is 19.2 Å². The first kappa shape index (κ1) is 11.9. The number of hydrogen-bond acceptors (Lipinski definition) is 4. The highest BCUT2D eigenvalue weighted by molar-refractivity contribution is 5.81. The Morgan fingerprint density at radius 2 is 2.00 bits per heavy atom. The van der Waals surface area contributed by atoms with Crippen molar-refractivity contribution < 1.29 is 4.42 Å². The molecule has 3 aromatic rings. The maximum absolute atomic E-state index is 5.42. The van der Waals surface area contributed by atoms with Crippen molar-refractivity contribution in [2.75, 3.05) is 0 Å². The van der Waals surface area contributed by atoms with Gasteiger partial charge in [0.15, 0.2) is 0 Å². The number of aryl methyl sites for hydroxylation is 1. The van der Waals surface area contributed by atoms with E-state index in [-0.39, 0.29) is 0 Å². The lowest BCUT2D eigenvalue weighted by atomic mass is 10.1. The van der Waals surface area contributed by atoms with Gasteiger partial charge >= 0.3 is 0 Å². The molecule has 2 heterocycles. The van der Waals surface area contributed by atoms with Crippen LogP contribution in [0.2, 0.25) is 0 Å². The zero-order valence-corrected chi connectivity index (χ0v) is 10.8. The van der Waals surface area contributed by atoms with E-state index in [0.717, 1.165) is 23.2 Å². The van der Waals surface area contributed by atoms with Crippen LogP contribution in [0.1, 0.15) is 17.2 Å². The van der Waals surface area contributed by atoms with E-state index in [2.05, 4.69) is 39.6 Å². The fraction of sp³-hybridized carbons (Fsp3) is 0.200. The third-order valence-corrected chi connectivity index (χ3v) is 2.98. The topological polar surface area (TPSA) is 51.0 Å². The maximum Gasteiger partial charge on any atom is 0.208 e. The Kier molecular flexibility index (Phi) is 3.25. The van der Waals surface area contributed by atoms with Crippen molar-refractivity contribution in [3.63, 3.8) is 0 Å². The molecule has 2 aromatic heterocycles. The van der Waals surface area contributed by atoms with Gasteiger partial charge in [0.1, 0.15) is 5.76 Å². The normalized spacial score (nSPS) is 11.0. The van der Waals surface area contributed by atoms with E-state index in [0.29, 0.717) is 12.4 Å². The zero-order valence-electron chi connectivity index (χ0n) is 10.8. The predicted molar refractivity (Wildman–Crippen MR) is 73.5 cm³/mol. The summed E-state index contributed by atoms with van der Waals surface area (Å²) < 4.78 is 5.42. The van der Waals surface area contributed by atoms with Crippen LogP contribution in [-0.2, 0) is 13.1 Å². The Morgan fingerprint density at radius 1 is 1.11 bits per heavy atom. The molecule has 0 aliphatic rings. The van der Waals surface area contributed by atoms with Gasteiger partial charge in [-0.2, -0.15) is 0 Å². The molecule has 0 unspecified atom stereocenters. The molecular formula is C15H15N3O. The molecule has 0 aliphatic carbocycles. The average Bonchev–Trinajstić information content (AvgIpc) is 2.85. The molecule has 0 saturated heterocycles. The van der Waals surface area contributed by atoms with Crippen LogP contribution in [0.15, 0.2) is 47.1 Å². The minimum absolute atomic E-state index is 0.622. The highest BCUT2D eigenvalue weighted by Crippen LogP contribution is 2.15. The van der Waals surface area contributed by atoms with Crippen molar-refractivity contribution in [2.45, 2.75) is 20.0 Å². The summed E-state index contributed by atoms with van der Waals surface area (Å²) >= 11 is 0. The average molecular weight is 253 g/mol. The lowest BCUT2D eigenvalue weighted by Crippen LogP contribution is -2.13. The first-order chi connectivity index (χ1) is 9.33. The minimum Gasteiger partial charge on any atom is -0.445 e. The van der Waals surface area contributed by atoms with E-state index in [1.54, 1.807) is 6.20 Å². The molecule has 0 aliphatic heterocycles. The van der Waals surface area contributed by atoms with Crippen LogP contribution in [0.3, 0.4) is 0 Å². The number of fused-ring (bicyclic) bond motifs is 1. The number of hydrogen-bond donors (Lipinski definition) is 1. The van der Waals surface area contributed by atoms with Crippen LogP contribution in [0, 0.1) is 6.92 Å². The van der Waals surface area contributed by atoms with Crippen molar-refractivity contribution in [1.82, 2.24) is 15.3 Å². The number of para-hydroxylation sites is 1. The minimum atomic E-state index is 0.622. The predicted octanol–water partition coefficient (Wildman–Crippen LogP) is 2.82. The van der Waals surface area contributed by atoms with Crippen molar-refractivity contribution in [3.05, 3.63) is 59.9 Å². The van der Waals surface area contributed by atoms with Crippen LogP contribution < -0.4 is 5.32 Å². The van der Waals surface area contributed by atoms with Crippen LogP contribution in [-0.4, -0.2) is 9.97 Å². The number of aromatic nitrogens is 2. The smallest absolute Gasteiger partial charge is 0.208 e. The molecule has 0 bridgehead atoms. The fourth-order valence-electron chi connectivity index (χ4n) is 2.10. The van der Waals surface area contributed by atoms with Gasteiger partial charge in [0.2, 0.25) is 5.89 Å². The molecule has 19 heavy (non-hydrogen) atoms. The number of nitrogens with zero attached hydrogens (tertiary/aromatic N) is 2. The molecule has 0 amide bonds. The molecule has 0 radical (unpaired) electrons. The molecule has 96 valence electrons. The van der Waals surface area contributed by atoms with Gasteiger partial charge in [-0.05, 0) is 18.6 Å². The van der Waals surface area contributed by atoms with Gasteiger partial charge in [-0.15, -0.1) is 0 Å². The molecule has 1 aromatic carbocycles. The van der Waals surface area contributed by atoms with Gasteiger partial charge in [0.25, 0.3) is 0 Å². The fourth-order valence-corrected chi connectivity index (χ4v) is 2.10. The molecule has 4 heteroatoms. The van der Waals surface area contributed by atoms with Gasteiger partial charge in [-0.1, -0.05) is 24.3 Å². The second-order valence-corrected chi connectivity index (χ2v) is 4.46. The summed E-state index contributed by atoms with van der Waals surface area (Å²) in [4.78, 5) is 8.60. The van der Waals surface area contributed by atoms with Gasteiger partial charge in [-0.3, -0.25) is 4.98 Å². The number of nitrogens with one attached hydrogen (secondary N) is 1. The summed E-state index contributed by atoms with van der Waals surface area (Å²) in [5, 5.41) is 4.49. The molecule has 0 spiro atoms. The first-order valence-corrected chi connectivity index (χ1v) is 6.27. The zero-order chi connectivity index (χ0) is 13.1. The van der Waals surface area contributed by atoms with Crippen molar-refractivity contribution in [1.29, 1.82) is 0 Å². The van der Waals surface area contributed by atoms with Crippen molar-refractivity contribution >= 4 is 10.9 Å². The highest BCUT2D eigenvalue weighted by Gasteiger charge is 2.03. The molecule has 4 nitrogen and oxygen atoms in total. The lowest BCUT2D eigenvalue weighted by molar-refractivity contribution is 0.449.